The average Bonchev–Trinajstić information content (AvgIpc) is 3.10. The number of nitrogens with zero attached hydrogens (tertiary/aromatic N) is 1. The zero-order valence-electron chi connectivity index (χ0n) is 15.2. The molecule has 3 aromatic rings. The lowest BCUT2D eigenvalue weighted by atomic mass is 9.93. The van der Waals surface area contributed by atoms with Gasteiger partial charge in [-0.25, -0.2) is 4.79 Å². The predicted molar refractivity (Wildman–Crippen MR) is 103 cm³/mol. The van der Waals surface area contributed by atoms with E-state index in [1.54, 1.807) is 13.3 Å². The summed E-state index contributed by atoms with van der Waals surface area (Å²) in [5.41, 5.74) is 4.96. The molecule has 4 rings (SSSR count). The maximum absolute atomic E-state index is 12.0. The number of methoxy groups -OCH3 is 1. The lowest BCUT2D eigenvalue weighted by Gasteiger charge is -2.19. The van der Waals surface area contributed by atoms with E-state index in [0.717, 1.165) is 33.7 Å². The number of aryl methyl sites for hydroxylation is 1. The third kappa shape index (κ3) is 3.36. The lowest BCUT2D eigenvalue weighted by molar-refractivity contribution is 0.132. The maximum atomic E-state index is 12.0. The third-order valence-corrected chi connectivity index (χ3v) is 4.80. The molecule has 1 fully saturated rings. The van der Waals surface area contributed by atoms with Gasteiger partial charge in [-0.05, 0) is 47.9 Å². The highest BCUT2D eigenvalue weighted by Crippen LogP contribution is 2.38. The number of cyclic esters (lactones) is 1. The van der Waals surface area contributed by atoms with E-state index in [1.807, 2.05) is 61.5 Å². The van der Waals surface area contributed by atoms with Crippen LogP contribution in [0, 0.1) is 6.92 Å². The van der Waals surface area contributed by atoms with Gasteiger partial charge in [-0.3, -0.25) is 4.98 Å². The molecule has 1 aliphatic rings. The number of hydrogen-bond acceptors (Lipinski definition) is 4. The molecule has 0 aliphatic carbocycles. The molecule has 0 bridgehead atoms. The van der Waals surface area contributed by atoms with E-state index in [0.29, 0.717) is 0 Å². The number of rotatable bonds is 4. The van der Waals surface area contributed by atoms with Gasteiger partial charge in [0.25, 0.3) is 0 Å². The van der Waals surface area contributed by atoms with Gasteiger partial charge in [-0.1, -0.05) is 36.4 Å². The van der Waals surface area contributed by atoms with Gasteiger partial charge in [0.15, 0.2) is 6.10 Å². The van der Waals surface area contributed by atoms with Crippen LogP contribution in [0.15, 0.2) is 66.9 Å². The number of alkyl carbamates (subject to hydrolysis) is 1. The van der Waals surface area contributed by atoms with Gasteiger partial charge < -0.3 is 14.8 Å². The fourth-order valence-corrected chi connectivity index (χ4v) is 3.45. The number of amides is 1. The minimum Gasteiger partial charge on any atom is -0.497 e. The number of nitrogens with one attached hydrogen (secondary N) is 1. The smallest absolute Gasteiger partial charge is 0.408 e. The third-order valence-electron chi connectivity index (χ3n) is 4.80. The van der Waals surface area contributed by atoms with E-state index in [1.165, 1.54) is 0 Å². The van der Waals surface area contributed by atoms with E-state index < -0.39 is 12.2 Å². The largest absolute Gasteiger partial charge is 0.497 e. The molecule has 1 N–H and O–H groups in total. The van der Waals surface area contributed by atoms with Crippen LogP contribution in [0.4, 0.5) is 4.79 Å². The van der Waals surface area contributed by atoms with Crippen LogP contribution in [0.3, 0.4) is 0 Å². The molecule has 2 aromatic carbocycles. The monoisotopic (exact) mass is 360 g/mol. The molecular formula is C22H20N2O3. The van der Waals surface area contributed by atoms with Gasteiger partial charge in [0.2, 0.25) is 0 Å². The standard InChI is InChI=1S/C22H20N2O3/c1-14-19(10-5-11-23-14)15-6-3-7-16(12-15)20-21(27-22(25)24-20)17-8-4-9-18(13-17)26-2/h3-13,20-21H,1-2H3,(H,24,25)/t20-,21-/m1/s1. The van der Waals surface area contributed by atoms with Crippen molar-refractivity contribution in [2.24, 2.45) is 0 Å². The minimum absolute atomic E-state index is 0.276. The van der Waals surface area contributed by atoms with Crippen LogP contribution in [-0.2, 0) is 4.74 Å². The van der Waals surface area contributed by atoms with Crippen molar-refractivity contribution in [3.05, 3.63) is 83.7 Å². The first-order valence-electron chi connectivity index (χ1n) is 8.79. The highest BCUT2D eigenvalue weighted by molar-refractivity contribution is 5.72. The molecule has 136 valence electrons. The summed E-state index contributed by atoms with van der Waals surface area (Å²) >= 11 is 0. The number of carbonyl (C=O) groups excluding carboxylic acids is 1. The number of pyridine rings is 1. The second-order valence-corrected chi connectivity index (χ2v) is 6.49. The lowest BCUT2D eigenvalue weighted by Crippen LogP contribution is -2.19. The molecular weight excluding hydrogens is 340 g/mol. The van der Waals surface area contributed by atoms with Crippen molar-refractivity contribution in [2.75, 3.05) is 7.11 Å². The van der Waals surface area contributed by atoms with Crippen molar-refractivity contribution < 1.29 is 14.3 Å². The highest BCUT2D eigenvalue weighted by atomic mass is 16.6. The molecule has 2 atom stereocenters. The van der Waals surface area contributed by atoms with Crippen LogP contribution in [0.2, 0.25) is 0 Å². The molecule has 5 nitrogen and oxygen atoms in total. The number of benzene rings is 2. The zero-order valence-corrected chi connectivity index (χ0v) is 15.2. The molecule has 0 unspecified atom stereocenters. The average molecular weight is 360 g/mol. The normalized spacial score (nSPS) is 18.7. The van der Waals surface area contributed by atoms with Crippen LogP contribution in [0.5, 0.6) is 5.75 Å². The van der Waals surface area contributed by atoms with Crippen LogP contribution in [0.25, 0.3) is 11.1 Å². The Kier molecular flexibility index (Phi) is 4.50. The molecule has 5 heteroatoms. The molecule has 1 saturated heterocycles. The second-order valence-electron chi connectivity index (χ2n) is 6.49. The Balaban J connectivity index is 1.72. The van der Waals surface area contributed by atoms with Gasteiger partial charge in [-0.15, -0.1) is 0 Å². The molecule has 0 radical (unpaired) electrons. The van der Waals surface area contributed by atoms with Crippen LogP contribution in [-0.4, -0.2) is 18.2 Å². The van der Waals surface area contributed by atoms with E-state index in [-0.39, 0.29) is 6.04 Å². The van der Waals surface area contributed by atoms with Crippen molar-refractivity contribution in [3.63, 3.8) is 0 Å². The van der Waals surface area contributed by atoms with Gasteiger partial charge in [0.1, 0.15) is 5.75 Å². The predicted octanol–water partition coefficient (Wildman–Crippen LogP) is 4.59. The summed E-state index contributed by atoms with van der Waals surface area (Å²) < 4.78 is 10.9. The maximum Gasteiger partial charge on any atom is 0.408 e. The van der Waals surface area contributed by atoms with Crippen molar-refractivity contribution >= 4 is 6.09 Å². The van der Waals surface area contributed by atoms with Crippen molar-refractivity contribution in [1.82, 2.24) is 10.3 Å². The van der Waals surface area contributed by atoms with E-state index in [2.05, 4.69) is 16.4 Å². The van der Waals surface area contributed by atoms with E-state index in [9.17, 15) is 4.79 Å². The van der Waals surface area contributed by atoms with E-state index in [4.69, 9.17) is 9.47 Å². The summed E-state index contributed by atoms with van der Waals surface area (Å²) in [6, 6.07) is 19.4. The van der Waals surface area contributed by atoms with Gasteiger partial charge in [0, 0.05) is 17.5 Å². The Labute approximate surface area is 158 Å². The van der Waals surface area contributed by atoms with Crippen LogP contribution < -0.4 is 10.1 Å². The Morgan fingerprint density at radius 1 is 1.04 bits per heavy atom. The van der Waals surface area contributed by atoms with Crippen molar-refractivity contribution in [3.8, 4) is 16.9 Å². The molecule has 1 amide bonds. The van der Waals surface area contributed by atoms with E-state index >= 15 is 0 Å². The highest BCUT2D eigenvalue weighted by Gasteiger charge is 2.36. The summed E-state index contributed by atoms with van der Waals surface area (Å²) in [6.07, 6.45) is 0.945. The summed E-state index contributed by atoms with van der Waals surface area (Å²) in [5, 5.41) is 2.93. The Hall–Kier alpha value is -3.34. The molecule has 0 saturated carbocycles. The van der Waals surface area contributed by atoms with Crippen LogP contribution >= 0.6 is 0 Å². The molecule has 1 aromatic heterocycles. The number of aromatic nitrogens is 1. The first-order valence-corrected chi connectivity index (χ1v) is 8.79. The van der Waals surface area contributed by atoms with Crippen molar-refractivity contribution in [1.29, 1.82) is 0 Å². The molecule has 0 spiro atoms. The fourth-order valence-electron chi connectivity index (χ4n) is 3.45. The van der Waals surface area contributed by atoms with Gasteiger partial charge in [-0.2, -0.15) is 0 Å². The molecule has 27 heavy (non-hydrogen) atoms. The first kappa shape index (κ1) is 17.1. The topological polar surface area (TPSA) is 60.5 Å². The SMILES string of the molecule is COc1cccc([C@H]2OC(=O)N[C@@H]2c2cccc(-c3cccnc3C)c2)c1. The summed E-state index contributed by atoms with van der Waals surface area (Å²) in [4.78, 5) is 16.4. The number of ether oxygens (including phenoxy) is 2. The van der Waals surface area contributed by atoms with Crippen LogP contribution in [0.1, 0.15) is 29.0 Å². The second kappa shape index (κ2) is 7.11. The Bertz CT molecular complexity index is 987. The zero-order chi connectivity index (χ0) is 18.8. The summed E-state index contributed by atoms with van der Waals surface area (Å²) in [6.45, 7) is 1.99. The van der Waals surface area contributed by atoms with Gasteiger partial charge >= 0.3 is 6.09 Å². The fraction of sp³-hybridized carbons (Fsp3) is 0.182. The summed E-state index contributed by atoms with van der Waals surface area (Å²) in [5.74, 6) is 0.730. The number of carbonyl (C=O) groups is 1. The minimum atomic E-state index is -0.421. The molecule has 1 aliphatic heterocycles. The Morgan fingerprint density at radius 3 is 2.67 bits per heavy atom. The Morgan fingerprint density at radius 2 is 1.85 bits per heavy atom. The first-order chi connectivity index (χ1) is 13.2. The van der Waals surface area contributed by atoms with Gasteiger partial charge in [0.05, 0.1) is 13.2 Å². The quantitative estimate of drug-likeness (QED) is 0.739. The number of hydrogen-bond donors (Lipinski definition) is 1. The summed E-state index contributed by atoms with van der Waals surface area (Å²) in [7, 11) is 1.62. The van der Waals surface area contributed by atoms with Crippen molar-refractivity contribution in [2.45, 2.75) is 19.1 Å². The molecule has 2 heterocycles.